The molecule has 0 saturated carbocycles. The Balaban J connectivity index is 1.40. The number of pyridine rings is 1. The monoisotopic (exact) mass is 402 g/mol. The lowest BCUT2D eigenvalue weighted by Gasteiger charge is -2.26. The third-order valence-electron chi connectivity index (χ3n) is 5.43. The van der Waals surface area contributed by atoms with Crippen LogP contribution < -0.4 is 4.74 Å². The number of amides is 1. The van der Waals surface area contributed by atoms with Crippen molar-refractivity contribution < 1.29 is 14.3 Å². The van der Waals surface area contributed by atoms with Crippen LogP contribution >= 0.6 is 0 Å². The summed E-state index contributed by atoms with van der Waals surface area (Å²) in [7, 11) is 0. The van der Waals surface area contributed by atoms with Crippen molar-refractivity contribution in [1.29, 1.82) is 0 Å². The lowest BCUT2D eigenvalue weighted by Crippen LogP contribution is -2.40. The summed E-state index contributed by atoms with van der Waals surface area (Å²) in [6.07, 6.45) is 4.99. The van der Waals surface area contributed by atoms with Crippen LogP contribution in [0.4, 0.5) is 4.79 Å². The number of aromatic nitrogens is 1. The number of ether oxygens (including phenoxy) is 2. The number of aryl methyl sites for hydroxylation is 2. The second-order valence-electron chi connectivity index (χ2n) is 7.56. The highest BCUT2D eigenvalue weighted by Gasteiger charge is 2.30. The Morgan fingerprint density at radius 2 is 1.67 bits per heavy atom. The van der Waals surface area contributed by atoms with Gasteiger partial charge in [-0.1, -0.05) is 42.0 Å². The molecule has 0 aliphatic carbocycles. The molecular weight excluding hydrogens is 376 g/mol. The van der Waals surface area contributed by atoms with E-state index in [9.17, 15) is 4.79 Å². The number of carbonyl (C=O) groups is 1. The van der Waals surface area contributed by atoms with Gasteiger partial charge in [0.15, 0.2) is 0 Å². The molecule has 1 aliphatic heterocycles. The van der Waals surface area contributed by atoms with Crippen LogP contribution in [0.15, 0.2) is 73.1 Å². The fourth-order valence-corrected chi connectivity index (χ4v) is 3.63. The van der Waals surface area contributed by atoms with E-state index in [2.05, 4.69) is 48.3 Å². The number of hydrogen-bond acceptors (Lipinski definition) is 4. The lowest BCUT2D eigenvalue weighted by atomic mass is 10.0. The van der Waals surface area contributed by atoms with E-state index in [1.54, 1.807) is 17.3 Å². The van der Waals surface area contributed by atoms with Crippen LogP contribution in [0.2, 0.25) is 0 Å². The van der Waals surface area contributed by atoms with Gasteiger partial charge in [0.1, 0.15) is 19.0 Å². The molecule has 0 N–H and O–H groups in total. The molecule has 2 heterocycles. The van der Waals surface area contributed by atoms with Gasteiger partial charge in [0.25, 0.3) is 0 Å². The minimum absolute atomic E-state index is 0.0371. The summed E-state index contributed by atoms with van der Waals surface area (Å²) in [4.78, 5) is 17.9. The first-order valence-corrected chi connectivity index (χ1v) is 10.3. The number of nitrogens with zero attached hydrogens (tertiary/aromatic N) is 2. The van der Waals surface area contributed by atoms with Crippen LogP contribution in [0.3, 0.4) is 0 Å². The second-order valence-corrected chi connectivity index (χ2v) is 7.56. The van der Waals surface area contributed by atoms with Crippen molar-refractivity contribution >= 4 is 6.09 Å². The van der Waals surface area contributed by atoms with Gasteiger partial charge >= 0.3 is 6.09 Å². The maximum atomic E-state index is 12.1. The molecule has 30 heavy (non-hydrogen) atoms. The van der Waals surface area contributed by atoms with E-state index >= 15 is 0 Å². The van der Waals surface area contributed by atoms with Crippen LogP contribution in [0.5, 0.6) is 5.75 Å². The van der Waals surface area contributed by atoms with E-state index in [-0.39, 0.29) is 12.1 Å². The third-order valence-corrected chi connectivity index (χ3v) is 5.43. The fraction of sp³-hybridized carbons (Fsp3) is 0.280. The van der Waals surface area contributed by atoms with Crippen molar-refractivity contribution in [3.63, 3.8) is 0 Å². The van der Waals surface area contributed by atoms with Crippen LogP contribution in [0.1, 0.15) is 17.5 Å². The number of cyclic esters (lactones) is 1. The molecule has 5 heteroatoms. The van der Waals surface area contributed by atoms with Gasteiger partial charge in [0.05, 0.1) is 12.6 Å². The third kappa shape index (κ3) is 4.98. The standard InChI is InChI=1S/C25H26N2O3/c1-19-2-5-21(6-3-19)22-7-10-24(11-8-22)30-18-23(27-16-17-29-25(27)28)9-4-20-12-14-26-15-13-20/h2-3,5-8,10-15,23H,4,9,16-18H2,1H3. The molecular formula is C25H26N2O3. The van der Waals surface area contributed by atoms with Gasteiger partial charge in [-0.25, -0.2) is 4.79 Å². The van der Waals surface area contributed by atoms with Crippen molar-refractivity contribution in [1.82, 2.24) is 9.88 Å². The largest absolute Gasteiger partial charge is 0.491 e. The Hall–Kier alpha value is -3.34. The van der Waals surface area contributed by atoms with Crippen molar-refractivity contribution in [3.8, 4) is 16.9 Å². The smallest absolute Gasteiger partial charge is 0.410 e. The Morgan fingerprint density at radius 1 is 1.00 bits per heavy atom. The van der Waals surface area contributed by atoms with E-state index in [1.807, 2.05) is 24.3 Å². The SMILES string of the molecule is Cc1ccc(-c2ccc(OCC(CCc3ccncc3)N3CCOC3=O)cc2)cc1. The highest BCUT2D eigenvalue weighted by atomic mass is 16.6. The average molecular weight is 402 g/mol. The minimum Gasteiger partial charge on any atom is -0.491 e. The zero-order valence-corrected chi connectivity index (χ0v) is 17.2. The summed E-state index contributed by atoms with van der Waals surface area (Å²) < 4.78 is 11.2. The zero-order valence-electron chi connectivity index (χ0n) is 17.2. The van der Waals surface area contributed by atoms with Gasteiger partial charge in [-0.2, -0.15) is 0 Å². The first-order chi connectivity index (χ1) is 14.7. The highest BCUT2D eigenvalue weighted by Crippen LogP contribution is 2.24. The number of benzene rings is 2. The molecule has 0 radical (unpaired) electrons. The average Bonchev–Trinajstić information content (AvgIpc) is 3.21. The van der Waals surface area contributed by atoms with Crippen LogP contribution in [-0.4, -0.2) is 41.8 Å². The van der Waals surface area contributed by atoms with Crippen molar-refractivity contribution in [2.45, 2.75) is 25.8 Å². The molecule has 1 fully saturated rings. The quantitative estimate of drug-likeness (QED) is 0.538. The lowest BCUT2D eigenvalue weighted by molar-refractivity contribution is 0.128. The molecule has 4 rings (SSSR count). The Bertz CT molecular complexity index is 956. The molecule has 1 unspecified atom stereocenters. The first kappa shape index (κ1) is 20.0. The van der Waals surface area contributed by atoms with E-state index in [4.69, 9.17) is 9.47 Å². The zero-order chi connectivity index (χ0) is 20.8. The summed E-state index contributed by atoms with van der Waals surface area (Å²) in [6, 6.07) is 20.5. The fourth-order valence-electron chi connectivity index (χ4n) is 3.63. The molecule has 5 nitrogen and oxygen atoms in total. The van der Waals surface area contributed by atoms with E-state index in [0.717, 1.165) is 24.2 Å². The predicted octanol–water partition coefficient (Wildman–Crippen LogP) is 4.89. The Kier molecular flexibility index (Phi) is 6.28. The summed E-state index contributed by atoms with van der Waals surface area (Å²) >= 11 is 0. The molecule has 2 aromatic carbocycles. The predicted molar refractivity (Wildman–Crippen MR) is 117 cm³/mol. The summed E-state index contributed by atoms with van der Waals surface area (Å²) in [5.74, 6) is 0.798. The van der Waals surface area contributed by atoms with Gasteiger partial charge in [-0.3, -0.25) is 9.88 Å². The molecule has 0 bridgehead atoms. The molecule has 0 spiro atoms. The topological polar surface area (TPSA) is 51.7 Å². The molecule has 1 saturated heterocycles. The molecule has 1 atom stereocenters. The molecule has 154 valence electrons. The van der Waals surface area contributed by atoms with Gasteiger partial charge in [0.2, 0.25) is 0 Å². The van der Waals surface area contributed by atoms with Gasteiger partial charge < -0.3 is 9.47 Å². The summed E-state index contributed by atoms with van der Waals surface area (Å²) in [5, 5.41) is 0. The van der Waals surface area contributed by atoms with Crippen LogP contribution in [-0.2, 0) is 11.2 Å². The van der Waals surface area contributed by atoms with E-state index in [1.165, 1.54) is 16.7 Å². The van der Waals surface area contributed by atoms with Crippen LogP contribution in [0.25, 0.3) is 11.1 Å². The summed E-state index contributed by atoms with van der Waals surface area (Å²) in [6.45, 7) is 3.57. The first-order valence-electron chi connectivity index (χ1n) is 10.3. The molecule has 1 aromatic heterocycles. The van der Waals surface area contributed by atoms with E-state index < -0.39 is 0 Å². The van der Waals surface area contributed by atoms with Crippen molar-refractivity contribution in [2.75, 3.05) is 19.8 Å². The second kappa shape index (κ2) is 9.44. The molecule has 1 aliphatic rings. The molecule has 3 aromatic rings. The number of carbonyl (C=O) groups excluding carboxylic acids is 1. The van der Waals surface area contributed by atoms with Gasteiger partial charge in [0, 0.05) is 12.4 Å². The maximum absolute atomic E-state index is 12.1. The van der Waals surface area contributed by atoms with Gasteiger partial charge in [-0.05, 0) is 60.7 Å². The van der Waals surface area contributed by atoms with Crippen LogP contribution in [0, 0.1) is 6.92 Å². The normalized spacial score (nSPS) is 14.4. The Morgan fingerprint density at radius 3 is 2.30 bits per heavy atom. The Labute approximate surface area is 177 Å². The number of rotatable bonds is 8. The van der Waals surface area contributed by atoms with Crippen molar-refractivity contribution in [2.24, 2.45) is 0 Å². The number of hydrogen-bond donors (Lipinski definition) is 0. The van der Waals surface area contributed by atoms with Crippen molar-refractivity contribution in [3.05, 3.63) is 84.2 Å². The minimum atomic E-state index is -0.256. The van der Waals surface area contributed by atoms with Gasteiger partial charge in [-0.15, -0.1) is 0 Å². The highest BCUT2D eigenvalue weighted by molar-refractivity contribution is 5.69. The van der Waals surface area contributed by atoms with E-state index in [0.29, 0.717) is 19.8 Å². The molecule has 1 amide bonds. The summed E-state index contributed by atoms with van der Waals surface area (Å²) in [5.41, 5.74) is 4.78. The maximum Gasteiger partial charge on any atom is 0.410 e.